The van der Waals surface area contributed by atoms with Crippen LogP contribution < -0.4 is 4.74 Å². The Balaban J connectivity index is 1.83. The highest BCUT2D eigenvalue weighted by atomic mass is 16.5. The van der Waals surface area contributed by atoms with Gasteiger partial charge in [0.1, 0.15) is 5.75 Å². The fourth-order valence-corrected chi connectivity index (χ4v) is 2.01. The number of ether oxygens (including phenoxy) is 1. The van der Waals surface area contributed by atoms with Gasteiger partial charge in [0, 0.05) is 12.4 Å². The Kier molecular flexibility index (Phi) is 4.09. The largest absolute Gasteiger partial charge is 0.480 e. The first-order valence-corrected chi connectivity index (χ1v) is 7.11. The Morgan fingerprint density at radius 1 is 1.09 bits per heavy atom. The Hall–Kier alpha value is -2.76. The maximum Gasteiger partial charge on any atom is 0.285 e. The molecule has 3 aromatic rings. The Bertz CT molecular complexity index is 743. The van der Waals surface area contributed by atoms with Crippen LogP contribution >= 0.6 is 0 Å². The van der Waals surface area contributed by atoms with Gasteiger partial charge in [-0.2, -0.15) is 0 Å². The molecular formula is C16H16N4O2. The first-order chi connectivity index (χ1) is 10.8. The van der Waals surface area contributed by atoms with Crippen LogP contribution in [0.25, 0.3) is 11.7 Å². The number of aromatic nitrogens is 4. The first kappa shape index (κ1) is 14.2. The molecule has 0 radical (unpaired) electrons. The summed E-state index contributed by atoms with van der Waals surface area (Å²) in [5.41, 5.74) is 1.06. The van der Waals surface area contributed by atoms with Crippen LogP contribution in [0.15, 0.2) is 47.1 Å². The molecule has 3 rings (SSSR count). The minimum Gasteiger partial charge on any atom is -0.480 e. The monoisotopic (exact) mass is 296 g/mol. The van der Waals surface area contributed by atoms with Crippen LogP contribution in [0.4, 0.5) is 0 Å². The summed E-state index contributed by atoms with van der Waals surface area (Å²) < 4.78 is 11.7. The molecule has 0 aliphatic rings. The van der Waals surface area contributed by atoms with E-state index in [1.165, 1.54) is 0 Å². The number of aryl methyl sites for hydroxylation is 1. The maximum absolute atomic E-state index is 5.99. The van der Waals surface area contributed by atoms with Crippen molar-refractivity contribution in [1.29, 1.82) is 0 Å². The van der Waals surface area contributed by atoms with Gasteiger partial charge in [0.25, 0.3) is 11.8 Å². The topological polar surface area (TPSA) is 73.9 Å². The lowest BCUT2D eigenvalue weighted by molar-refractivity contribution is 0.165. The Labute approximate surface area is 128 Å². The summed E-state index contributed by atoms with van der Waals surface area (Å²) in [7, 11) is 0. The summed E-state index contributed by atoms with van der Waals surface area (Å²) in [5.74, 6) is 1.94. The standard InChI is InChI=1S/C16H16N4O2/c1-3-12(21-13-8-5-4-7-11(13)2)15-19-20-16(22-15)14-17-9-6-10-18-14/h4-10,12H,3H2,1-2H3/t12-/m0/s1. The summed E-state index contributed by atoms with van der Waals surface area (Å²) in [6.45, 7) is 4.00. The van der Waals surface area contributed by atoms with E-state index in [4.69, 9.17) is 9.15 Å². The van der Waals surface area contributed by atoms with Crippen LogP contribution in [0.1, 0.15) is 30.9 Å². The zero-order chi connectivity index (χ0) is 15.4. The highest BCUT2D eigenvalue weighted by Gasteiger charge is 2.21. The van der Waals surface area contributed by atoms with Crippen LogP contribution in [-0.2, 0) is 0 Å². The van der Waals surface area contributed by atoms with Crippen LogP contribution in [0, 0.1) is 6.92 Å². The predicted octanol–water partition coefficient (Wildman–Crippen LogP) is 3.37. The van der Waals surface area contributed by atoms with E-state index >= 15 is 0 Å². The average molecular weight is 296 g/mol. The molecule has 0 aliphatic heterocycles. The highest BCUT2D eigenvalue weighted by molar-refractivity contribution is 5.38. The van der Waals surface area contributed by atoms with E-state index in [9.17, 15) is 0 Å². The van der Waals surface area contributed by atoms with Gasteiger partial charge in [-0.1, -0.05) is 25.1 Å². The van der Waals surface area contributed by atoms with Crippen molar-refractivity contribution in [3.05, 3.63) is 54.2 Å². The van der Waals surface area contributed by atoms with Crippen LogP contribution in [0.2, 0.25) is 0 Å². The lowest BCUT2D eigenvalue weighted by Crippen LogP contribution is -2.07. The number of benzene rings is 1. The number of hydrogen-bond donors (Lipinski definition) is 0. The predicted molar refractivity (Wildman–Crippen MR) is 80.2 cm³/mol. The number of para-hydroxylation sites is 1. The van der Waals surface area contributed by atoms with Crippen molar-refractivity contribution in [1.82, 2.24) is 20.2 Å². The highest BCUT2D eigenvalue weighted by Crippen LogP contribution is 2.27. The molecule has 0 saturated carbocycles. The van der Waals surface area contributed by atoms with Gasteiger partial charge >= 0.3 is 0 Å². The Morgan fingerprint density at radius 2 is 1.86 bits per heavy atom. The summed E-state index contributed by atoms with van der Waals surface area (Å²) in [4.78, 5) is 8.19. The molecule has 112 valence electrons. The SMILES string of the molecule is CC[C@H](Oc1ccccc1C)c1nnc(-c2ncccn2)o1. The molecule has 22 heavy (non-hydrogen) atoms. The third kappa shape index (κ3) is 2.95. The lowest BCUT2D eigenvalue weighted by atomic mass is 10.2. The summed E-state index contributed by atoms with van der Waals surface area (Å²) >= 11 is 0. The van der Waals surface area contributed by atoms with Gasteiger partial charge in [-0.15, -0.1) is 10.2 Å². The molecule has 1 aromatic carbocycles. The smallest absolute Gasteiger partial charge is 0.285 e. The van der Waals surface area contributed by atoms with E-state index in [1.807, 2.05) is 38.1 Å². The second-order valence-electron chi connectivity index (χ2n) is 4.80. The van der Waals surface area contributed by atoms with Gasteiger partial charge in [-0.25, -0.2) is 9.97 Å². The summed E-state index contributed by atoms with van der Waals surface area (Å²) in [6.07, 6.45) is 3.68. The van der Waals surface area contributed by atoms with Crippen molar-refractivity contribution in [3.8, 4) is 17.5 Å². The third-order valence-electron chi connectivity index (χ3n) is 3.21. The van der Waals surface area contributed by atoms with Crippen LogP contribution in [0.3, 0.4) is 0 Å². The van der Waals surface area contributed by atoms with Gasteiger partial charge in [0.15, 0.2) is 6.10 Å². The molecule has 2 aromatic heterocycles. The zero-order valence-electron chi connectivity index (χ0n) is 12.4. The number of rotatable bonds is 5. The van der Waals surface area contributed by atoms with Gasteiger partial charge in [0.05, 0.1) is 0 Å². The van der Waals surface area contributed by atoms with E-state index in [2.05, 4.69) is 20.2 Å². The summed E-state index contributed by atoms with van der Waals surface area (Å²) in [6, 6.07) is 9.57. The second-order valence-corrected chi connectivity index (χ2v) is 4.80. The van der Waals surface area contributed by atoms with Crippen molar-refractivity contribution in [3.63, 3.8) is 0 Å². The average Bonchev–Trinajstić information content (AvgIpc) is 3.05. The molecule has 6 nitrogen and oxygen atoms in total. The number of hydrogen-bond acceptors (Lipinski definition) is 6. The van der Waals surface area contributed by atoms with E-state index in [1.54, 1.807) is 18.5 Å². The fourth-order valence-electron chi connectivity index (χ4n) is 2.01. The van der Waals surface area contributed by atoms with Crippen molar-refractivity contribution in [2.75, 3.05) is 0 Å². The quantitative estimate of drug-likeness (QED) is 0.718. The van der Waals surface area contributed by atoms with E-state index in [-0.39, 0.29) is 6.10 Å². The molecule has 0 amide bonds. The van der Waals surface area contributed by atoms with Crippen molar-refractivity contribution < 1.29 is 9.15 Å². The van der Waals surface area contributed by atoms with Gasteiger partial charge < -0.3 is 9.15 Å². The molecule has 6 heteroatoms. The molecule has 2 heterocycles. The molecule has 1 atom stereocenters. The number of nitrogens with zero attached hydrogens (tertiary/aromatic N) is 4. The minimum absolute atomic E-state index is 0.294. The molecule has 0 aliphatic carbocycles. The fraction of sp³-hybridized carbons (Fsp3) is 0.250. The first-order valence-electron chi connectivity index (χ1n) is 7.11. The molecule has 0 unspecified atom stereocenters. The molecular weight excluding hydrogens is 280 g/mol. The molecule has 0 saturated heterocycles. The van der Waals surface area contributed by atoms with E-state index in [0.29, 0.717) is 24.0 Å². The molecule has 0 N–H and O–H groups in total. The zero-order valence-corrected chi connectivity index (χ0v) is 12.4. The van der Waals surface area contributed by atoms with Crippen molar-refractivity contribution in [2.45, 2.75) is 26.4 Å². The van der Waals surface area contributed by atoms with Crippen LogP contribution in [0.5, 0.6) is 5.75 Å². The second kappa shape index (κ2) is 6.34. The van der Waals surface area contributed by atoms with Gasteiger partial charge in [0.2, 0.25) is 5.82 Å². The van der Waals surface area contributed by atoms with Crippen LogP contribution in [-0.4, -0.2) is 20.2 Å². The Morgan fingerprint density at radius 3 is 2.59 bits per heavy atom. The maximum atomic E-state index is 5.99. The third-order valence-corrected chi connectivity index (χ3v) is 3.21. The molecule has 0 bridgehead atoms. The minimum atomic E-state index is -0.300. The van der Waals surface area contributed by atoms with Gasteiger partial charge in [-0.05, 0) is 31.0 Å². The van der Waals surface area contributed by atoms with Gasteiger partial charge in [-0.3, -0.25) is 0 Å². The van der Waals surface area contributed by atoms with Crippen molar-refractivity contribution >= 4 is 0 Å². The molecule has 0 spiro atoms. The van der Waals surface area contributed by atoms with Crippen molar-refractivity contribution in [2.24, 2.45) is 0 Å². The molecule has 0 fully saturated rings. The summed E-state index contributed by atoms with van der Waals surface area (Å²) in [5, 5.41) is 8.07. The van der Waals surface area contributed by atoms with E-state index in [0.717, 1.165) is 11.3 Å². The van der Waals surface area contributed by atoms with E-state index < -0.39 is 0 Å². The lowest BCUT2D eigenvalue weighted by Gasteiger charge is -2.15. The normalized spacial score (nSPS) is 12.1.